The van der Waals surface area contributed by atoms with Gasteiger partial charge in [-0.25, -0.2) is 0 Å². The number of alkyl halides is 3. The van der Waals surface area contributed by atoms with Crippen molar-refractivity contribution >= 4 is 0 Å². The normalized spacial score (nSPS) is 16.2. The van der Waals surface area contributed by atoms with E-state index in [1.165, 1.54) is 6.08 Å². The molecule has 0 nitrogen and oxygen atoms in total. The molecule has 0 N–H and O–H groups in total. The van der Waals surface area contributed by atoms with Crippen molar-refractivity contribution in [2.45, 2.75) is 32.9 Å². The van der Waals surface area contributed by atoms with Gasteiger partial charge in [0.05, 0.1) is 0 Å². The molecule has 0 amide bonds. The van der Waals surface area contributed by atoms with Crippen LogP contribution < -0.4 is 0 Å². The lowest BCUT2D eigenvalue weighted by molar-refractivity contribution is -0.0940. The Kier molecular flexibility index (Phi) is 4.71. The standard InChI is InChI=1S/C7H7F3.C2H6/c8-7(9,10)6-4-2-1-3-5-6;1-2/h1-2,4H,3,5H2;1-2H3. The summed E-state index contributed by atoms with van der Waals surface area (Å²) in [6.45, 7) is 4.00. The monoisotopic (exact) mass is 178 g/mol. The second-order valence-corrected chi connectivity index (χ2v) is 2.16. The minimum atomic E-state index is -4.12. The lowest BCUT2D eigenvalue weighted by atomic mass is 10.1. The molecule has 0 saturated carbocycles. The van der Waals surface area contributed by atoms with E-state index in [4.69, 9.17) is 0 Å². The summed E-state index contributed by atoms with van der Waals surface area (Å²) in [6, 6.07) is 0. The van der Waals surface area contributed by atoms with Crippen molar-refractivity contribution in [2.24, 2.45) is 0 Å². The van der Waals surface area contributed by atoms with E-state index in [0.29, 0.717) is 6.42 Å². The van der Waals surface area contributed by atoms with Gasteiger partial charge >= 0.3 is 6.18 Å². The second-order valence-electron chi connectivity index (χ2n) is 2.16. The number of rotatable bonds is 0. The van der Waals surface area contributed by atoms with Gasteiger partial charge in [0.15, 0.2) is 0 Å². The minimum absolute atomic E-state index is 0.125. The van der Waals surface area contributed by atoms with E-state index in [2.05, 4.69) is 0 Å². The summed E-state index contributed by atoms with van der Waals surface area (Å²) >= 11 is 0. The van der Waals surface area contributed by atoms with Gasteiger partial charge in [0.2, 0.25) is 0 Å². The molecule has 0 radical (unpaired) electrons. The maximum Gasteiger partial charge on any atom is 0.412 e. The molecule has 0 fully saturated rings. The van der Waals surface area contributed by atoms with Crippen LogP contribution in [0.2, 0.25) is 0 Å². The van der Waals surface area contributed by atoms with Crippen molar-refractivity contribution < 1.29 is 13.2 Å². The van der Waals surface area contributed by atoms with Crippen LogP contribution in [0.4, 0.5) is 13.2 Å². The average molecular weight is 178 g/mol. The Balaban J connectivity index is 0.000000561. The summed E-state index contributed by atoms with van der Waals surface area (Å²) in [5, 5.41) is 0. The van der Waals surface area contributed by atoms with E-state index in [-0.39, 0.29) is 6.42 Å². The first-order chi connectivity index (χ1) is 5.61. The molecule has 0 unspecified atom stereocenters. The van der Waals surface area contributed by atoms with Crippen LogP contribution in [0, 0.1) is 0 Å². The molecule has 1 aliphatic rings. The summed E-state index contributed by atoms with van der Waals surface area (Å²) in [6.07, 6.45) is 0.821. The largest absolute Gasteiger partial charge is 0.412 e. The number of hydrogen-bond donors (Lipinski definition) is 0. The summed E-state index contributed by atoms with van der Waals surface area (Å²) in [5.41, 5.74) is -0.421. The van der Waals surface area contributed by atoms with Crippen molar-refractivity contribution in [3.05, 3.63) is 23.8 Å². The Morgan fingerprint density at radius 1 is 1.25 bits per heavy atom. The highest BCUT2D eigenvalue weighted by Crippen LogP contribution is 2.30. The third kappa shape index (κ3) is 3.60. The van der Waals surface area contributed by atoms with Crippen LogP contribution in [0.5, 0.6) is 0 Å². The van der Waals surface area contributed by atoms with Gasteiger partial charge in [0.25, 0.3) is 0 Å². The first-order valence-corrected chi connectivity index (χ1v) is 4.03. The van der Waals surface area contributed by atoms with Crippen LogP contribution in [0.15, 0.2) is 23.8 Å². The molecule has 3 heteroatoms. The van der Waals surface area contributed by atoms with Gasteiger partial charge in [-0.3, -0.25) is 0 Å². The van der Waals surface area contributed by atoms with E-state index in [1.807, 2.05) is 13.8 Å². The SMILES string of the molecule is CC.FC(F)(F)C1=CC=CCC1. The summed E-state index contributed by atoms with van der Waals surface area (Å²) in [4.78, 5) is 0. The van der Waals surface area contributed by atoms with Crippen LogP contribution in [0.3, 0.4) is 0 Å². The molecule has 1 aliphatic carbocycles. The maximum absolute atomic E-state index is 11.8. The molecule has 70 valence electrons. The zero-order chi connectivity index (χ0) is 9.61. The maximum atomic E-state index is 11.8. The van der Waals surface area contributed by atoms with E-state index >= 15 is 0 Å². The fourth-order valence-corrected chi connectivity index (χ4v) is 0.839. The molecule has 0 atom stereocenters. The Morgan fingerprint density at radius 3 is 2.08 bits per heavy atom. The molecule has 1 rings (SSSR count). The highest BCUT2D eigenvalue weighted by Gasteiger charge is 2.32. The molecule has 0 aliphatic heterocycles. The first-order valence-electron chi connectivity index (χ1n) is 4.03. The second kappa shape index (κ2) is 5.01. The topological polar surface area (TPSA) is 0 Å². The predicted molar refractivity (Wildman–Crippen MR) is 43.9 cm³/mol. The van der Waals surface area contributed by atoms with Crippen molar-refractivity contribution in [3.63, 3.8) is 0 Å². The molecule has 12 heavy (non-hydrogen) atoms. The summed E-state index contributed by atoms with van der Waals surface area (Å²) < 4.78 is 35.5. The van der Waals surface area contributed by atoms with Gasteiger partial charge in [-0.15, -0.1) is 0 Å². The highest BCUT2D eigenvalue weighted by molar-refractivity contribution is 5.21. The highest BCUT2D eigenvalue weighted by atomic mass is 19.4. The molecule has 0 saturated heterocycles. The van der Waals surface area contributed by atoms with Gasteiger partial charge in [-0.1, -0.05) is 32.1 Å². The van der Waals surface area contributed by atoms with Crippen molar-refractivity contribution in [1.82, 2.24) is 0 Å². The van der Waals surface area contributed by atoms with Crippen LogP contribution in [0.25, 0.3) is 0 Å². The molecule has 0 aromatic rings. The molecular weight excluding hydrogens is 165 g/mol. The first kappa shape index (κ1) is 11.3. The summed E-state index contributed by atoms with van der Waals surface area (Å²) in [7, 11) is 0. The van der Waals surface area contributed by atoms with Crippen LogP contribution in [-0.2, 0) is 0 Å². The van der Waals surface area contributed by atoms with Crippen molar-refractivity contribution in [2.75, 3.05) is 0 Å². The number of allylic oxidation sites excluding steroid dienone is 4. The molecule has 0 aromatic carbocycles. The Hall–Kier alpha value is -0.730. The molecule has 0 spiro atoms. The van der Waals surface area contributed by atoms with E-state index in [9.17, 15) is 13.2 Å². The molecule has 0 heterocycles. The zero-order valence-electron chi connectivity index (χ0n) is 7.28. The lowest BCUT2D eigenvalue weighted by Crippen LogP contribution is -2.12. The number of halogens is 3. The van der Waals surface area contributed by atoms with Crippen LogP contribution in [0.1, 0.15) is 26.7 Å². The minimum Gasteiger partial charge on any atom is -0.166 e. The Labute approximate surface area is 70.8 Å². The van der Waals surface area contributed by atoms with Crippen LogP contribution in [-0.4, -0.2) is 6.18 Å². The molecular formula is C9H13F3. The van der Waals surface area contributed by atoms with Crippen LogP contribution >= 0.6 is 0 Å². The van der Waals surface area contributed by atoms with Crippen molar-refractivity contribution in [3.8, 4) is 0 Å². The average Bonchev–Trinajstić information content (AvgIpc) is 2.08. The van der Waals surface area contributed by atoms with Crippen molar-refractivity contribution in [1.29, 1.82) is 0 Å². The van der Waals surface area contributed by atoms with Gasteiger partial charge < -0.3 is 0 Å². The van der Waals surface area contributed by atoms with Gasteiger partial charge in [-0.2, -0.15) is 13.2 Å². The third-order valence-electron chi connectivity index (χ3n) is 1.38. The summed E-state index contributed by atoms with van der Waals surface area (Å²) in [5.74, 6) is 0. The zero-order valence-corrected chi connectivity index (χ0v) is 7.28. The fraction of sp³-hybridized carbons (Fsp3) is 0.556. The van der Waals surface area contributed by atoms with E-state index in [0.717, 1.165) is 6.08 Å². The Morgan fingerprint density at radius 2 is 1.83 bits per heavy atom. The number of hydrogen-bond acceptors (Lipinski definition) is 0. The predicted octanol–water partition coefficient (Wildman–Crippen LogP) is 3.85. The quantitative estimate of drug-likeness (QED) is 0.528. The third-order valence-corrected chi connectivity index (χ3v) is 1.38. The molecule has 0 aromatic heterocycles. The van der Waals surface area contributed by atoms with Gasteiger partial charge in [0.1, 0.15) is 0 Å². The van der Waals surface area contributed by atoms with E-state index in [1.54, 1.807) is 6.08 Å². The van der Waals surface area contributed by atoms with Gasteiger partial charge in [-0.05, 0) is 12.8 Å². The van der Waals surface area contributed by atoms with E-state index < -0.39 is 11.7 Å². The fourth-order valence-electron chi connectivity index (χ4n) is 0.839. The van der Waals surface area contributed by atoms with Gasteiger partial charge in [0, 0.05) is 5.57 Å². The Bertz CT molecular complexity index is 175. The smallest absolute Gasteiger partial charge is 0.166 e. The lowest BCUT2D eigenvalue weighted by Gasteiger charge is -2.11. The molecule has 0 bridgehead atoms.